The van der Waals surface area contributed by atoms with Gasteiger partial charge in [-0.2, -0.15) is 0 Å². The fourth-order valence-electron chi connectivity index (χ4n) is 3.14. The normalized spacial score (nSPS) is 21.4. The van der Waals surface area contributed by atoms with E-state index >= 15 is 0 Å². The van der Waals surface area contributed by atoms with Gasteiger partial charge < -0.3 is 10.0 Å². The monoisotopic (exact) mass is 316 g/mol. The van der Waals surface area contributed by atoms with Gasteiger partial charge in [0.15, 0.2) is 0 Å². The lowest BCUT2D eigenvalue weighted by molar-refractivity contribution is -0.145. The Labute approximate surface area is 132 Å². The third-order valence-electron chi connectivity index (χ3n) is 4.22. The molecule has 1 atom stereocenters. The van der Waals surface area contributed by atoms with Crippen molar-refractivity contribution in [3.8, 4) is 0 Å². The van der Waals surface area contributed by atoms with E-state index < -0.39 is 36.3 Å². The Balaban J connectivity index is 1.91. The van der Waals surface area contributed by atoms with Gasteiger partial charge >= 0.3 is 5.97 Å². The van der Waals surface area contributed by atoms with Gasteiger partial charge in [0.05, 0.1) is 11.1 Å². The maximum Gasteiger partial charge on any atom is 0.323 e. The molecule has 0 aromatic heterocycles. The second-order valence-corrected chi connectivity index (χ2v) is 5.69. The molecule has 1 saturated heterocycles. The van der Waals surface area contributed by atoms with Crippen LogP contribution in [-0.4, -0.2) is 57.7 Å². The van der Waals surface area contributed by atoms with Crippen LogP contribution in [0.5, 0.6) is 0 Å². The van der Waals surface area contributed by atoms with Gasteiger partial charge in [-0.15, -0.1) is 0 Å². The molecule has 3 rings (SSSR count). The minimum atomic E-state index is -1.11. The molecular weight excluding hydrogens is 300 g/mol. The molecule has 23 heavy (non-hydrogen) atoms. The average Bonchev–Trinajstić information content (AvgIpc) is 2.66. The molecule has 2 aliphatic heterocycles. The number of carbonyl (C=O) groups is 4. The summed E-state index contributed by atoms with van der Waals surface area (Å²) in [7, 11) is 0. The quantitative estimate of drug-likeness (QED) is 0.830. The van der Waals surface area contributed by atoms with E-state index in [1.54, 1.807) is 24.3 Å². The number of fused-ring (bicyclic) bond motifs is 1. The van der Waals surface area contributed by atoms with Crippen LogP contribution in [0.15, 0.2) is 24.3 Å². The Bertz CT molecular complexity index is 664. The fourth-order valence-corrected chi connectivity index (χ4v) is 3.14. The highest BCUT2D eigenvalue weighted by Crippen LogP contribution is 2.28. The molecule has 1 aromatic carbocycles. The van der Waals surface area contributed by atoms with Crippen molar-refractivity contribution in [3.05, 3.63) is 35.4 Å². The lowest BCUT2D eigenvalue weighted by Crippen LogP contribution is -2.51. The van der Waals surface area contributed by atoms with Crippen molar-refractivity contribution in [2.75, 3.05) is 13.1 Å². The number of aliphatic carboxylic acids is 1. The highest BCUT2D eigenvalue weighted by molar-refractivity contribution is 6.22. The van der Waals surface area contributed by atoms with Gasteiger partial charge in [-0.1, -0.05) is 12.1 Å². The summed E-state index contributed by atoms with van der Waals surface area (Å²) >= 11 is 0. The second-order valence-electron chi connectivity index (χ2n) is 5.69. The molecule has 0 spiro atoms. The molecule has 7 heteroatoms. The molecule has 120 valence electrons. The lowest BCUT2D eigenvalue weighted by Gasteiger charge is -2.28. The number of hydrogen-bond donors (Lipinski definition) is 1. The van der Waals surface area contributed by atoms with Crippen LogP contribution in [0.2, 0.25) is 0 Å². The largest absolute Gasteiger partial charge is 0.480 e. The first-order valence-electron chi connectivity index (χ1n) is 7.48. The number of nitrogens with zero attached hydrogens (tertiary/aromatic N) is 2. The standard InChI is InChI=1S/C16H16N2O5/c19-13(20)9-17-8-4-3-7-12(16(17)23)18-14(21)10-5-1-2-6-11(10)15(18)22/h1-2,5-6,12H,3-4,7-9H2,(H,19,20). The molecule has 1 fully saturated rings. The Morgan fingerprint density at radius 1 is 1.09 bits per heavy atom. The van der Waals surface area contributed by atoms with Crippen LogP contribution in [0.25, 0.3) is 0 Å². The van der Waals surface area contributed by atoms with Crippen LogP contribution in [0, 0.1) is 0 Å². The molecule has 7 nitrogen and oxygen atoms in total. The van der Waals surface area contributed by atoms with Gasteiger partial charge in [0.1, 0.15) is 12.6 Å². The Morgan fingerprint density at radius 2 is 1.70 bits per heavy atom. The number of likely N-dealkylation sites (tertiary alicyclic amines) is 1. The molecule has 0 bridgehead atoms. The number of amides is 3. The summed E-state index contributed by atoms with van der Waals surface area (Å²) in [6.45, 7) is -0.0939. The minimum Gasteiger partial charge on any atom is -0.480 e. The summed E-state index contributed by atoms with van der Waals surface area (Å²) in [6.07, 6.45) is 1.67. The zero-order valence-corrected chi connectivity index (χ0v) is 12.4. The molecule has 1 N–H and O–H groups in total. The fraction of sp³-hybridized carbons (Fsp3) is 0.375. The van der Waals surface area contributed by atoms with Crippen LogP contribution in [0.1, 0.15) is 40.0 Å². The summed E-state index contributed by atoms with van der Waals surface area (Å²) in [6, 6.07) is 5.53. The number of carboxylic acid groups (broad SMARTS) is 1. The molecule has 0 radical (unpaired) electrons. The first-order valence-corrected chi connectivity index (χ1v) is 7.48. The first kappa shape index (κ1) is 15.2. The molecule has 2 aliphatic rings. The van der Waals surface area contributed by atoms with Gasteiger partial charge in [-0.3, -0.25) is 24.1 Å². The van der Waals surface area contributed by atoms with Gasteiger partial charge in [0, 0.05) is 6.54 Å². The van der Waals surface area contributed by atoms with Crippen LogP contribution in [0.4, 0.5) is 0 Å². The van der Waals surface area contributed by atoms with Crippen molar-refractivity contribution >= 4 is 23.7 Å². The Morgan fingerprint density at radius 3 is 2.26 bits per heavy atom. The smallest absolute Gasteiger partial charge is 0.323 e. The van der Waals surface area contributed by atoms with Crippen molar-refractivity contribution < 1.29 is 24.3 Å². The number of imide groups is 1. The zero-order chi connectivity index (χ0) is 16.6. The Kier molecular flexibility index (Phi) is 3.85. The topological polar surface area (TPSA) is 95.0 Å². The van der Waals surface area contributed by atoms with Gasteiger partial charge in [-0.05, 0) is 31.4 Å². The van der Waals surface area contributed by atoms with Gasteiger partial charge in [-0.25, -0.2) is 0 Å². The van der Waals surface area contributed by atoms with Crippen molar-refractivity contribution in [2.45, 2.75) is 25.3 Å². The molecule has 2 heterocycles. The van der Waals surface area contributed by atoms with Crippen LogP contribution >= 0.6 is 0 Å². The molecule has 3 amide bonds. The van der Waals surface area contributed by atoms with Crippen molar-refractivity contribution in [1.29, 1.82) is 0 Å². The summed E-state index contributed by atoms with van der Waals surface area (Å²) in [4.78, 5) is 50.8. The average molecular weight is 316 g/mol. The predicted octanol–water partition coefficient (Wildman–Crippen LogP) is 0.748. The molecule has 1 unspecified atom stereocenters. The zero-order valence-electron chi connectivity index (χ0n) is 12.4. The number of carbonyl (C=O) groups excluding carboxylic acids is 3. The van der Waals surface area contributed by atoms with E-state index in [-0.39, 0.29) is 0 Å². The number of rotatable bonds is 3. The second kappa shape index (κ2) is 5.83. The van der Waals surface area contributed by atoms with Crippen molar-refractivity contribution in [1.82, 2.24) is 9.80 Å². The predicted molar refractivity (Wildman–Crippen MR) is 78.8 cm³/mol. The van der Waals surface area contributed by atoms with E-state index in [0.717, 1.165) is 4.90 Å². The van der Waals surface area contributed by atoms with E-state index in [0.29, 0.717) is 36.9 Å². The molecular formula is C16H16N2O5. The lowest BCUT2D eigenvalue weighted by atomic mass is 10.1. The van der Waals surface area contributed by atoms with Crippen molar-refractivity contribution in [3.63, 3.8) is 0 Å². The van der Waals surface area contributed by atoms with Crippen LogP contribution in [-0.2, 0) is 9.59 Å². The maximum absolute atomic E-state index is 12.6. The summed E-state index contributed by atoms with van der Waals surface area (Å²) in [5.41, 5.74) is 0.582. The number of carboxylic acids is 1. The van der Waals surface area contributed by atoms with Gasteiger partial charge in [0.2, 0.25) is 5.91 Å². The summed E-state index contributed by atoms with van der Waals surface area (Å²) < 4.78 is 0. The van der Waals surface area contributed by atoms with E-state index in [9.17, 15) is 19.2 Å². The van der Waals surface area contributed by atoms with Crippen LogP contribution < -0.4 is 0 Å². The Hall–Kier alpha value is -2.70. The SMILES string of the molecule is O=C(O)CN1CCCCC(N2C(=O)c3ccccc3C2=O)C1=O. The maximum atomic E-state index is 12.6. The van der Waals surface area contributed by atoms with Crippen molar-refractivity contribution in [2.24, 2.45) is 0 Å². The van der Waals surface area contributed by atoms with E-state index in [4.69, 9.17) is 5.11 Å². The highest BCUT2D eigenvalue weighted by Gasteiger charge is 2.44. The minimum absolute atomic E-state index is 0.291. The van der Waals surface area contributed by atoms with Crippen LogP contribution in [0.3, 0.4) is 0 Å². The number of hydrogen-bond acceptors (Lipinski definition) is 4. The number of benzene rings is 1. The molecule has 0 aliphatic carbocycles. The van der Waals surface area contributed by atoms with E-state index in [2.05, 4.69) is 0 Å². The first-order chi connectivity index (χ1) is 11.0. The summed E-state index contributed by atoms with van der Waals surface area (Å²) in [5, 5.41) is 8.93. The van der Waals surface area contributed by atoms with E-state index in [1.807, 2.05) is 0 Å². The highest BCUT2D eigenvalue weighted by atomic mass is 16.4. The van der Waals surface area contributed by atoms with Gasteiger partial charge in [0.25, 0.3) is 11.8 Å². The molecule has 0 saturated carbocycles. The third-order valence-corrected chi connectivity index (χ3v) is 4.22. The third kappa shape index (κ3) is 2.58. The van der Waals surface area contributed by atoms with E-state index in [1.165, 1.54) is 4.90 Å². The summed E-state index contributed by atoms with van der Waals surface area (Å²) in [5.74, 6) is -2.55. The molecule has 1 aromatic rings.